The number of non-ortho nitro benzene ring substituents is 1. The van der Waals surface area contributed by atoms with E-state index in [-0.39, 0.29) is 52.9 Å². The van der Waals surface area contributed by atoms with Gasteiger partial charge >= 0.3 is 0 Å². The van der Waals surface area contributed by atoms with Crippen LogP contribution >= 0.6 is 22.6 Å². The van der Waals surface area contributed by atoms with Crippen molar-refractivity contribution in [2.45, 2.75) is 24.2 Å². The smallest absolute Gasteiger partial charge is 0.271 e. The molecule has 4 aromatic carbocycles. The fraction of sp³-hybridized carbons (Fsp3) is 0.220. The topological polar surface area (TPSA) is 144 Å². The summed E-state index contributed by atoms with van der Waals surface area (Å²) in [6.45, 7) is 0. The molecule has 4 aromatic rings. The zero-order valence-electron chi connectivity index (χ0n) is 27.8. The molecule has 6 unspecified atom stereocenters. The number of nitrogens with zero attached hydrogens (tertiary/aromatic N) is 2. The normalized spacial score (nSPS) is 26.6. The second-order valence-corrected chi connectivity index (χ2v) is 14.8. The summed E-state index contributed by atoms with van der Waals surface area (Å²) in [7, 11) is 1.44. The third-order valence-corrected chi connectivity index (χ3v) is 12.1. The van der Waals surface area contributed by atoms with E-state index in [1.165, 1.54) is 37.5 Å². The molecular formula is C41H31IN2O8. The summed E-state index contributed by atoms with van der Waals surface area (Å²) in [5, 5.41) is 22.5. The molecule has 52 heavy (non-hydrogen) atoms. The Morgan fingerprint density at radius 1 is 0.904 bits per heavy atom. The van der Waals surface area contributed by atoms with E-state index >= 15 is 9.59 Å². The number of carbonyl (C=O) groups is 4. The lowest BCUT2D eigenvalue weighted by Crippen LogP contribution is -2.58. The maximum atomic E-state index is 15.2. The van der Waals surface area contributed by atoms with Crippen molar-refractivity contribution in [2.24, 2.45) is 23.7 Å². The van der Waals surface area contributed by atoms with Crippen LogP contribution < -0.4 is 9.64 Å². The van der Waals surface area contributed by atoms with Gasteiger partial charge in [-0.25, -0.2) is 4.90 Å². The molecule has 1 aliphatic heterocycles. The molecule has 8 rings (SSSR count). The third-order valence-electron chi connectivity index (χ3n) is 11.3. The number of benzene rings is 4. The van der Waals surface area contributed by atoms with E-state index in [4.69, 9.17) is 4.74 Å². The molecule has 0 bridgehead atoms. The quantitative estimate of drug-likeness (QED) is 0.0726. The number of ketones is 2. The first-order valence-electron chi connectivity index (χ1n) is 16.9. The Morgan fingerprint density at radius 2 is 1.62 bits per heavy atom. The van der Waals surface area contributed by atoms with Gasteiger partial charge in [-0.1, -0.05) is 78.4 Å². The first-order chi connectivity index (χ1) is 25.1. The second kappa shape index (κ2) is 12.7. The number of amides is 2. The number of halogens is 1. The summed E-state index contributed by atoms with van der Waals surface area (Å²) < 4.78 is 6.06. The van der Waals surface area contributed by atoms with Gasteiger partial charge in [-0.15, -0.1) is 0 Å². The van der Waals surface area contributed by atoms with Crippen molar-refractivity contribution in [2.75, 3.05) is 12.0 Å². The Balaban J connectivity index is 1.37. The molecule has 4 aliphatic rings. The van der Waals surface area contributed by atoms with Gasteiger partial charge in [0.1, 0.15) is 0 Å². The Kier molecular flexibility index (Phi) is 8.20. The number of phenols is 1. The van der Waals surface area contributed by atoms with Crippen LogP contribution in [0.3, 0.4) is 0 Å². The van der Waals surface area contributed by atoms with E-state index in [0.29, 0.717) is 20.3 Å². The number of phenolic OH excluding ortho intramolecular Hbond substituents is 1. The Labute approximate surface area is 312 Å². The molecule has 1 N–H and O–H groups in total. The lowest BCUT2D eigenvalue weighted by atomic mass is 9.44. The van der Waals surface area contributed by atoms with Crippen LogP contribution in [0.4, 0.5) is 11.4 Å². The van der Waals surface area contributed by atoms with Crippen LogP contribution in [0.2, 0.25) is 0 Å². The zero-order chi connectivity index (χ0) is 36.5. The first kappa shape index (κ1) is 33.7. The minimum Gasteiger partial charge on any atom is -0.504 e. The number of allylic oxidation sites excluding steroid dienone is 4. The first-order valence-corrected chi connectivity index (χ1v) is 18.0. The van der Waals surface area contributed by atoms with Crippen molar-refractivity contribution in [3.8, 4) is 11.5 Å². The second-order valence-electron chi connectivity index (χ2n) is 13.6. The highest BCUT2D eigenvalue weighted by Crippen LogP contribution is 2.64. The SMILES string of the molecule is COc1cc(C2C3=CCC4C(=O)N(c5cccc([N+](=O)[O-])c5)C(=O)C4C3CC3C(=O)C(c4ccccc4)=CC(=O)C32c2ccccc2)cc(I)c1O. The minimum absolute atomic E-state index is 0.0660. The minimum atomic E-state index is -1.44. The van der Waals surface area contributed by atoms with E-state index in [1.807, 2.05) is 65.1 Å². The highest BCUT2D eigenvalue weighted by Gasteiger charge is 2.66. The Morgan fingerprint density at radius 3 is 2.31 bits per heavy atom. The molecule has 0 spiro atoms. The van der Waals surface area contributed by atoms with Crippen molar-refractivity contribution in [1.82, 2.24) is 0 Å². The number of nitro benzene ring substituents is 1. The number of hydrogen-bond donors (Lipinski definition) is 1. The number of ether oxygens (including phenoxy) is 1. The maximum absolute atomic E-state index is 15.2. The van der Waals surface area contributed by atoms with Gasteiger partial charge in [-0.2, -0.15) is 0 Å². The molecule has 2 fully saturated rings. The van der Waals surface area contributed by atoms with Crippen LogP contribution in [0.1, 0.15) is 35.4 Å². The van der Waals surface area contributed by atoms with Crippen molar-refractivity contribution in [3.05, 3.63) is 145 Å². The molecule has 2 amide bonds. The number of nitro groups is 1. The predicted molar refractivity (Wildman–Crippen MR) is 200 cm³/mol. The number of imide groups is 1. The molecule has 0 radical (unpaired) electrons. The predicted octanol–water partition coefficient (Wildman–Crippen LogP) is 6.94. The zero-order valence-corrected chi connectivity index (χ0v) is 29.9. The van der Waals surface area contributed by atoms with Crippen molar-refractivity contribution < 1.29 is 33.9 Å². The summed E-state index contributed by atoms with van der Waals surface area (Å²) in [6, 6.07) is 27.2. The number of aromatic hydroxyl groups is 1. The van der Waals surface area contributed by atoms with Crippen molar-refractivity contribution >= 4 is 62.9 Å². The molecule has 0 aromatic heterocycles. The number of methoxy groups -OCH3 is 1. The number of hydrogen-bond acceptors (Lipinski definition) is 8. The van der Waals surface area contributed by atoms with Gasteiger partial charge in [0, 0.05) is 29.5 Å². The lowest BCUT2D eigenvalue weighted by Gasteiger charge is -2.55. The highest BCUT2D eigenvalue weighted by molar-refractivity contribution is 14.1. The summed E-state index contributed by atoms with van der Waals surface area (Å²) in [6.07, 6.45) is 3.71. The molecule has 11 heteroatoms. The van der Waals surface area contributed by atoms with Crippen LogP contribution in [0.25, 0.3) is 5.57 Å². The van der Waals surface area contributed by atoms with E-state index in [0.717, 1.165) is 10.5 Å². The number of Topliss-reactive ketones (excluding diaryl/α,β-unsaturated/α-hetero) is 1. The van der Waals surface area contributed by atoms with Gasteiger partial charge in [-0.05, 0) is 82.3 Å². The Hall–Kier alpha value is -5.43. The maximum Gasteiger partial charge on any atom is 0.271 e. The molecule has 1 heterocycles. The van der Waals surface area contributed by atoms with Gasteiger partial charge in [-0.3, -0.25) is 29.3 Å². The average molecular weight is 807 g/mol. The molecule has 10 nitrogen and oxygen atoms in total. The van der Waals surface area contributed by atoms with E-state index in [2.05, 4.69) is 0 Å². The monoisotopic (exact) mass is 806 g/mol. The van der Waals surface area contributed by atoms with E-state index < -0.39 is 51.7 Å². The molecule has 260 valence electrons. The van der Waals surface area contributed by atoms with Gasteiger partial charge in [0.2, 0.25) is 11.8 Å². The van der Waals surface area contributed by atoms with Gasteiger partial charge in [0.05, 0.1) is 38.5 Å². The van der Waals surface area contributed by atoms with Crippen LogP contribution in [0.5, 0.6) is 11.5 Å². The van der Waals surface area contributed by atoms with E-state index in [1.54, 1.807) is 36.4 Å². The van der Waals surface area contributed by atoms with Gasteiger partial charge in [0.15, 0.2) is 23.1 Å². The molecule has 1 saturated carbocycles. The van der Waals surface area contributed by atoms with Crippen LogP contribution in [-0.4, -0.2) is 40.5 Å². The fourth-order valence-electron chi connectivity index (χ4n) is 9.17. The molecule has 3 aliphatic carbocycles. The van der Waals surface area contributed by atoms with Crippen LogP contribution in [0.15, 0.2) is 115 Å². The molecule has 6 atom stereocenters. The summed E-state index contributed by atoms with van der Waals surface area (Å²) in [5.74, 6) is -5.34. The van der Waals surface area contributed by atoms with Gasteiger partial charge < -0.3 is 9.84 Å². The average Bonchev–Trinajstić information content (AvgIpc) is 3.42. The number of carbonyl (C=O) groups excluding carboxylic acids is 4. The summed E-state index contributed by atoms with van der Waals surface area (Å²) >= 11 is 2.01. The summed E-state index contributed by atoms with van der Waals surface area (Å²) in [4.78, 5) is 71.0. The fourth-order valence-corrected chi connectivity index (χ4v) is 9.79. The number of rotatable bonds is 6. The number of anilines is 1. The third kappa shape index (κ3) is 4.89. The Bertz CT molecular complexity index is 2270. The van der Waals surface area contributed by atoms with Crippen LogP contribution in [-0.2, 0) is 24.6 Å². The highest BCUT2D eigenvalue weighted by atomic mass is 127. The summed E-state index contributed by atoms with van der Waals surface area (Å²) in [5.41, 5.74) is 1.32. The van der Waals surface area contributed by atoms with Crippen LogP contribution in [0, 0.1) is 37.4 Å². The van der Waals surface area contributed by atoms with Crippen molar-refractivity contribution in [1.29, 1.82) is 0 Å². The molecular weight excluding hydrogens is 775 g/mol. The molecule has 1 saturated heterocycles. The van der Waals surface area contributed by atoms with E-state index in [9.17, 15) is 24.8 Å². The van der Waals surface area contributed by atoms with Gasteiger partial charge in [0.25, 0.3) is 5.69 Å². The number of fused-ring (bicyclic) bond motifs is 4. The largest absolute Gasteiger partial charge is 0.504 e. The standard InChI is InChI=1S/C41H31IN2O8/c1-52-33-18-23(17-32(42)38(33)47)36-27-15-16-28-35(40(49)43(39(28)48)25-13-8-14-26(19-25)44(50)51)30(27)20-31-37(46)29(22-9-4-2-5-10-22)21-34(45)41(31,36)24-11-6-3-7-12-24/h2-15,17-19,21,28,30-31,35-36,47H,16,20H2,1H3. The lowest BCUT2D eigenvalue weighted by molar-refractivity contribution is -0.384. The van der Waals surface area contributed by atoms with Crippen molar-refractivity contribution in [3.63, 3.8) is 0 Å².